The summed E-state index contributed by atoms with van der Waals surface area (Å²) in [6, 6.07) is 15.5. The van der Waals surface area contributed by atoms with E-state index in [4.69, 9.17) is 9.47 Å². The Bertz CT molecular complexity index is 923. The molecule has 2 saturated heterocycles. The van der Waals surface area contributed by atoms with Crippen molar-refractivity contribution >= 4 is 23.2 Å². The smallest absolute Gasteiger partial charge is 0.228 e. The van der Waals surface area contributed by atoms with Crippen LogP contribution in [-0.4, -0.2) is 63.2 Å². The first kappa shape index (κ1) is 21.0. The van der Waals surface area contributed by atoms with E-state index in [0.717, 1.165) is 30.2 Å². The fraction of sp³-hybridized carbons (Fsp3) is 0.417. The molecule has 2 fully saturated rings. The molecule has 7 nitrogen and oxygen atoms in total. The minimum atomic E-state index is -0.310. The van der Waals surface area contributed by atoms with Gasteiger partial charge in [0.15, 0.2) is 0 Å². The highest BCUT2D eigenvalue weighted by atomic mass is 16.5. The largest absolute Gasteiger partial charge is 0.497 e. The molecule has 0 aliphatic carbocycles. The number of rotatable bonds is 6. The van der Waals surface area contributed by atoms with Crippen LogP contribution in [0.15, 0.2) is 48.5 Å². The molecule has 1 atom stereocenters. The van der Waals surface area contributed by atoms with Gasteiger partial charge < -0.3 is 24.2 Å². The Labute approximate surface area is 183 Å². The number of piperazine rings is 1. The molecule has 0 unspecified atom stereocenters. The Kier molecular flexibility index (Phi) is 6.30. The molecule has 2 heterocycles. The van der Waals surface area contributed by atoms with Gasteiger partial charge >= 0.3 is 0 Å². The van der Waals surface area contributed by atoms with Gasteiger partial charge in [0.1, 0.15) is 11.5 Å². The number of nitrogens with zero attached hydrogens (tertiary/aromatic N) is 3. The van der Waals surface area contributed by atoms with Gasteiger partial charge in [-0.15, -0.1) is 0 Å². The molecule has 0 spiro atoms. The van der Waals surface area contributed by atoms with Gasteiger partial charge in [-0.2, -0.15) is 0 Å². The maximum absolute atomic E-state index is 13.1. The SMILES string of the molecule is CCOc1ccccc1N1C[C@H](C(=O)N2CCN(c3ccc(OC)cc3)CC2)CC1=O. The van der Waals surface area contributed by atoms with Crippen molar-refractivity contribution in [2.45, 2.75) is 13.3 Å². The normalized spacial score (nSPS) is 19.0. The third kappa shape index (κ3) is 4.45. The summed E-state index contributed by atoms with van der Waals surface area (Å²) in [5, 5.41) is 0. The highest BCUT2D eigenvalue weighted by Crippen LogP contribution is 2.33. The van der Waals surface area contributed by atoms with E-state index in [0.29, 0.717) is 32.0 Å². The third-order valence-electron chi connectivity index (χ3n) is 5.96. The predicted molar refractivity (Wildman–Crippen MR) is 120 cm³/mol. The van der Waals surface area contributed by atoms with Gasteiger partial charge in [-0.1, -0.05) is 12.1 Å². The molecule has 7 heteroatoms. The van der Waals surface area contributed by atoms with Crippen molar-refractivity contribution in [1.82, 2.24) is 4.90 Å². The van der Waals surface area contributed by atoms with Crippen LogP contribution in [0.5, 0.6) is 11.5 Å². The second kappa shape index (κ2) is 9.29. The molecule has 164 valence electrons. The Hall–Kier alpha value is -3.22. The first-order valence-corrected chi connectivity index (χ1v) is 10.8. The lowest BCUT2D eigenvalue weighted by molar-refractivity contribution is -0.136. The maximum atomic E-state index is 13.1. The van der Waals surface area contributed by atoms with Crippen molar-refractivity contribution in [2.75, 3.05) is 56.2 Å². The van der Waals surface area contributed by atoms with E-state index >= 15 is 0 Å². The predicted octanol–water partition coefficient (Wildman–Crippen LogP) is 2.80. The van der Waals surface area contributed by atoms with Gasteiger partial charge in [0.25, 0.3) is 0 Å². The van der Waals surface area contributed by atoms with Crippen molar-refractivity contribution in [3.63, 3.8) is 0 Å². The molecule has 0 N–H and O–H groups in total. The van der Waals surface area contributed by atoms with Crippen LogP contribution >= 0.6 is 0 Å². The molecule has 31 heavy (non-hydrogen) atoms. The van der Waals surface area contributed by atoms with Gasteiger partial charge in [0, 0.05) is 44.8 Å². The molecule has 0 bridgehead atoms. The number of hydrogen-bond donors (Lipinski definition) is 0. The van der Waals surface area contributed by atoms with Crippen molar-refractivity contribution in [3.8, 4) is 11.5 Å². The standard InChI is InChI=1S/C24H29N3O4/c1-3-31-22-7-5-4-6-21(22)27-17-18(16-23(27)28)24(29)26-14-12-25(13-15-26)19-8-10-20(30-2)11-9-19/h4-11,18H,3,12-17H2,1-2H3/t18-/m1/s1. The third-order valence-corrected chi connectivity index (χ3v) is 5.96. The summed E-state index contributed by atoms with van der Waals surface area (Å²) in [4.78, 5) is 31.7. The molecule has 0 aromatic heterocycles. The van der Waals surface area contributed by atoms with Crippen molar-refractivity contribution in [3.05, 3.63) is 48.5 Å². The molecule has 4 rings (SSSR count). The average Bonchev–Trinajstić information content (AvgIpc) is 3.21. The lowest BCUT2D eigenvalue weighted by Crippen LogP contribution is -2.50. The zero-order valence-corrected chi connectivity index (χ0v) is 18.1. The number of carbonyl (C=O) groups is 2. The number of methoxy groups -OCH3 is 1. The molecular weight excluding hydrogens is 394 g/mol. The second-order valence-electron chi connectivity index (χ2n) is 7.82. The van der Waals surface area contributed by atoms with Crippen molar-refractivity contribution in [1.29, 1.82) is 0 Å². The monoisotopic (exact) mass is 423 g/mol. The molecular formula is C24H29N3O4. The van der Waals surface area contributed by atoms with Crippen molar-refractivity contribution < 1.29 is 19.1 Å². The number of benzene rings is 2. The van der Waals surface area contributed by atoms with Crippen molar-refractivity contribution in [2.24, 2.45) is 5.92 Å². The van der Waals surface area contributed by atoms with Gasteiger partial charge in [0.2, 0.25) is 11.8 Å². The molecule has 0 radical (unpaired) electrons. The van der Waals surface area contributed by atoms with Crippen LogP contribution in [-0.2, 0) is 9.59 Å². The highest BCUT2D eigenvalue weighted by molar-refractivity contribution is 6.01. The van der Waals surface area contributed by atoms with E-state index in [2.05, 4.69) is 4.90 Å². The summed E-state index contributed by atoms with van der Waals surface area (Å²) in [7, 11) is 1.66. The number of hydrogen-bond acceptors (Lipinski definition) is 5. The van der Waals surface area contributed by atoms with E-state index in [-0.39, 0.29) is 24.2 Å². The Morgan fingerprint density at radius 2 is 1.74 bits per heavy atom. The molecule has 2 amide bonds. The quantitative estimate of drug-likeness (QED) is 0.715. The molecule has 2 aliphatic heterocycles. The van der Waals surface area contributed by atoms with Crippen LogP contribution in [0.3, 0.4) is 0 Å². The summed E-state index contributed by atoms with van der Waals surface area (Å²) in [6.07, 6.45) is 0.248. The van der Waals surface area contributed by atoms with E-state index in [1.54, 1.807) is 12.0 Å². The number of carbonyl (C=O) groups excluding carboxylic acids is 2. The van der Waals surface area contributed by atoms with Crippen LogP contribution in [0.2, 0.25) is 0 Å². The summed E-state index contributed by atoms with van der Waals surface area (Å²) in [5.74, 6) is 1.25. The molecule has 2 aromatic rings. The summed E-state index contributed by atoms with van der Waals surface area (Å²) in [6.45, 7) is 5.71. The minimum absolute atomic E-state index is 0.0256. The highest BCUT2D eigenvalue weighted by Gasteiger charge is 2.38. The fourth-order valence-electron chi connectivity index (χ4n) is 4.30. The van der Waals surface area contributed by atoms with E-state index in [1.165, 1.54) is 0 Å². The summed E-state index contributed by atoms with van der Waals surface area (Å²) < 4.78 is 10.9. The second-order valence-corrected chi connectivity index (χ2v) is 7.82. The summed E-state index contributed by atoms with van der Waals surface area (Å²) >= 11 is 0. The summed E-state index contributed by atoms with van der Waals surface area (Å²) in [5.41, 5.74) is 1.87. The van der Waals surface area contributed by atoms with Gasteiger partial charge in [-0.25, -0.2) is 0 Å². The number of para-hydroxylation sites is 2. The molecule has 0 saturated carbocycles. The van der Waals surface area contributed by atoms with E-state index in [1.807, 2.05) is 60.4 Å². The topological polar surface area (TPSA) is 62.3 Å². The first-order valence-electron chi connectivity index (χ1n) is 10.8. The zero-order valence-electron chi connectivity index (χ0n) is 18.1. The average molecular weight is 424 g/mol. The van der Waals surface area contributed by atoms with Crippen LogP contribution in [0.4, 0.5) is 11.4 Å². The molecule has 2 aromatic carbocycles. The Morgan fingerprint density at radius 3 is 2.42 bits per heavy atom. The number of anilines is 2. The lowest BCUT2D eigenvalue weighted by Gasteiger charge is -2.37. The van der Waals surface area contributed by atoms with Crippen LogP contribution < -0.4 is 19.3 Å². The lowest BCUT2D eigenvalue weighted by atomic mass is 10.1. The minimum Gasteiger partial charge on any atom is -0.497 e. The number of amides is 2. The maximum Gasteiger partial charge on any atom is 0.228 e. The zero-order chi connectivity index (χ0) is 21.8. The van der Waals surface area contributed by atoms with E-state index in [9.17, 15) is 9.59 Å². The van der Waals surface area contributed by atoms with Gasteiger partial charge in [-0.3, -0.25) is 9.59 Å². The molecule has 2 aliphatic rings. The van der Waals surface area contributed by atoms with E-state index < -0.39 is 0 Å². The van der Waals surface area contributed by atoms with Gasteiger partial charge in [-0.05, 0) is 43.3 Å². The van der Waals surface area contributed by atoms with Crippen LogP contribution in [0.25, 0.3) is 0 Å². The Balaban J connectivity index is 1.37. The van der Waals surface area contributed by atoms with Crippen LogP contribution in [0, 0.1) is 5.92 Å². The number of ether oxygens (including phenoxy) is 2. The van der Waals surface area contributed by atoms with Crippen LogP contribution in [0.1, 0.15) is 13.3 Å². The van der Waals surface area contributed by atoms with Gasteiger partial charge in [0.05, 0.1) is 25.3 Å². The first-order chi connectivity index (χ1) is 15.1. The Morgan fingerprint density at radius 1 is 1.03 bits per heavy atom. The fourth-order valence-corrected chi connectivity index (χ4v) is 4.30.